The number of benzene rings is 1. The van der Waals surface area contributed by atoms with Crippen LogP contribution in [-0.4, -0.2) is 19.6 Å². The van der Waals surface area contributed by atoms with Crippen LogP contribution >= 0.6 is 0 Å². The molecule has 1 aliphatic carbocycles. The molecule has 21 heavy (non-hydrogen) atoms. The van der Waals surface area contributed by atoms with Crippen LogP contribution in [0.4, 0.5) is 0 Å². The number of carbonyl (C=O) groups excluding carboxylic acids is 1. The molecule has 0 unspecified atom stereocenters. The van der Waals surface area contributed by atoms with E-state index in [-0.39, 0.29) is 11.8 Å². The third-order valence-electron chi connectivity index (χ3n) is 4.45. The largest absolute Gasteiger partial charge is 0.372 e. The second-order valence-corrected chi connectivity index (χ2v) is 5.62. The van der Waals surface area contributed by atoms with E-state index in [0.717, 1.165) is 31.2 Å². The van der Waals surface area contributed by atoms with Crippen molar-refractivity contribution in [2.75, 3.05) is 13.7 Å². The Morgan fingerprint density at radius 2 is 2.10 bits per heavy atom. The van der Waals surface area contributed by atoms with Gasteiger partial charge in [-0.2, -0.15) is 0 Å². The quantitative estimate of drug-likeness (QED) is 0.814. The van der Waals surface area contributed by atoms with Gasteiger partial charge in [-0.3, -0.25) is 4.79 Å². The smallest absolute Gasteiger partial charge is 0.223 e. The maximum Gasteiger partial charge on any atom is 0.223 e. The summed E-state index contributed by atoms with van der Waals surface area (Å²) < 4.78 is 5.78. The molecule has 0 heterocycles. The highest BCUT2D eigenvalue weighted by Gasteiger charge is 2.31. The van der Waals surface area contributed by atoms with Crippen LogP contribution in [0.15, 0.2) is 42.5 Å². The topological polar surface area (TPSA) is 38.3 Å². The average molecular weight is 287 g/mol. The van der Waals surface area contributed by atoms with Gasteiger partial charge in [-0.1, -0.05) is 49.4 Å². The van der Waals surface area contributed by atoms with Crippen molar-refractivity contribution in [3.8, 4) is 0 Å². The second kappa shape index (κ2) is 7.41. The predicted octanol–water partition coefficient (Wildman–Crippen LogP) is 3.41. The Bertz CT molecular complexity index is 477. The van der Waals surface area contributed by atoms with E-state index < -0.39 is 5.60 Å². The molecule has 3 nitrogen and oxygen atoms in total. The number of amides is 1. The van der Waals surface area contributed by atoms with Crippen LogP contribution in [0.25, 0.3) is 0 Å². The fraction of sp³-hybridized carbons (Fsp3) is 0.500. The summed E-state index contributed by atoms with van der Waals surface area (Å²) in [6.45, 7) is 2.61. The second-order valence-electron chi connectivity index (χ2n) is 5.62. The van der Waals surface area contributed by atoms with Crippen molar-refractivity contribution in [1.29, 1.82) is 0 Å². The Kier molecular flexibility index (Phi) is 5.57. The van der Waals surface area contributed by atoms with Crippen molar-refractivity contribution in [3.05, 3.63) is 48.0 Å². The van der Waals surface area contributed by atoms with Gasteiger partial charge in [-0.05, 0) is 31.2 Å². The maximum atomic E-state index is 12.3. The summed E-state index contributed by atoms with van der Waals surface area (Å²) in [5.41, 5.74) is 0.667. The van der Waals surface area contributed by atoms with Gasteiger partial charge in [0.05, 0.1) is 6.54 Å². The van der Waals surface area contributed by atoms with E-state index in [1.54, 1.807) is 7.11 Å². The predicted molar refractivity (Wildman–Crippen MR) is 84.9 cm³/mol. The van der Waals surface area contributed by atoms with Crippen LogP contribution in [0.2, 0.25) is 0 Å². The normalized spacial score (nSPS) is 20.8. The molecule has 0 radical (unpaired) electrons. The SMILES string of the molecule is CC[C@@](CNC(=O)[C@@H]1CC=CCC1)(OC)c1ccccc1. The third kappa shape index (κ3) is 3.73. The first-order valence-corrected chi connectivity index (χ1v) is 7.75. The molecule has 1 aliphatic rings. The number of hydrogen-bond acceptors (Lipinski definition) is 2. The van der Waals surface area contributed by atoms with Crippen molar-refractivity contribution < 1.29 is 9.53 Å². The van der Waals surface area contributed by atoms with E-state index in [1.165, 1.54) is 0 Å². The standard InChI is InChI=1S/C18H25NO2/c1-3-18(21-2,16-12-8-5-9-13-16)14-19-17(20)15-10-6-4-7-11-15/h4-6,8-9,12-13,15H,3,7,10-11,14H2,1-2H3,(H,19,20)/t15-,18+/m1/s1. The summed E-state index contributed by atoms with van der Waals surface area (Å²) in [5.74, 6) is 0.252. The zero-order chi connectivity index (χ0) is 15.1. The Morgan fingerprint density at radius 1 is 1.33 bits per heavy atom. The van der Waals surface area contributed by atoms with Gasteiger partial charge in [0.2, 0.25) is 5.91 Å². The van der Waals surface area contributed by atoms with Crippen molar-refractivity contribution in [2.45, 2.75) is 38.2 Å². The number of allylic oxidation sites excluding steroid dienone is 2. The van der Waals surface area contributed by atoms with Crippen LogP contribution in [0.5, 0.6) is 0 Å². The Labute approximate surface area is 127 Å². The molecule has 0 fully saturated rings. The molecule has 2 rings (SSSR count). The minimum atomic E-state index is -0.443. The van der Waals surface area contributed by atoms with E-state index in [1.807, 2.05) is 18.2 Å². The van der Waals surface area contributed by atoms with Gasteiger partial charge in [0.25, 0.3) is 0 Å². The molecule has 0 aliphatic heterocycles. The summed E-state index contributed by atoms with van der Waals surface area (Å²) in [5, 5.41) is 3.10. The van der Waals surface area contributed by atoms with Crippen LogP contribution in [0, 0.1) is 5.92 Å². The van der Waals surface area contributed by atoms with Crippen LogP contribution in [-0.2, 0) is 15.1 Å². The number of methoxy groups -OCH3 is 1. The summed E-state index contributed by atoms with van der Waals surface area (Å²) in [6.07, 6.45) is 7.87. The highest BCUT2D eigenvalue weighted by Crippen LogP contribution is 2.28. The first kappa shape index (κ1) is 15.8. The monoisotopic (exact) mass is 287 g/mol. The molecule has 1 N–H and O–H groups in total. The zero-order valence-electron chi connectivity index (χ0n) is 13.0. The molecule has 114 valence electrons. The third-order valence-corrected chi connectivity index (χ3v) is 4.45. The van der Waals surface area contributed by atoms with E-state index in [4.69, 9.17) is 4.74 Å². The Balaban J connectivity index is 2.03. The maximum absolute atomic E-state index is 12.3. The molecule has 1 aromatic rings. The number of nitrogens with one attached hydrogen (secondary N) is 1. The van der Waals surface area contributed by atoms with Crippen LogP contribution in [0.1, 0.15) is 38.2 Å². The van der Waals surface area contributed by atoms with Crippen molar-refractivity contribution in [1.82, 2.24) is 5.32 Å². The van der Waals surface area contributed by atoms with E-state index in [0.29, 0.717) is 6.54 Å². The summed E-state index contributed by atoms with van der Waals surface area (Å²) in [6, 6.07) is 10.1. The van der Waals surface area contributed by atoms with Crippen molar-refractivity contribution in [2.24, 2.45) is 5.92 Å². The number of rotatable bonds is 6. The number of carbonyl (C=O) groups is 1. The van der Waals surface area contributed by atoms with Gasteiger partial charge < -0.3 is 10.1 Å². The zero-order valence-corrected chi connectivity index (χ0v) is 13.0. The molecule has 0 saturated carbocycles. The molecule has 0 spiro atoms. The fourth-order valence-corrected chi connectivity index (χ4v) is 2.91. The first-order chi connectivity index (χ1) is 10.2. The van der Waals surface area contributed by atoms with Gasteiger partial charge in [-0.15, -0.1) is 0 Å². The van der Waals surface area contributed by atoms with Gasteiger partial charge in [0.15, 0.2) is 0 Å². The summed E-state index contributed by atoms with van der Waals surface area (Å²) in [7, 11) is 1.71. The van der Waals surface area contributed by atoms with Crippen LogP contribution < -0.4 is 5.32 Å². The van der Waals surface area contributed by atoms with Gasteiger partial charge in [-0.25, -0.2) is 0 Å². The first-order valence-electron chi connectivity index (χ1n) is 7.75. The minimum absolute atomic E-state index is 0.109. The lowest BCUT2D eigenvalue weighted by Gasteiger charge is -2.33. The molecular weight excluding hydrogens is 262 g/mol. The van der Waals surface area contributed by atoms with Gasteiger partial charge in [0, 0.05) is 13.0 Å². The molecule has 1 aromatic carbocycles. The van der Waals surface area contributed by atoms with Gasteiger partial charge in [0.1, 0.15) is 5.60 Å². The highest BCUT2D eigenvalue weighted by atomic mass is 16.5. The van der Waals surface area contributed by atoms with E-state index in [9.17, 15) is 4.79 Å². The van der Waals surface area contributed by atoms with Crippen molar-refractivity contribution in [3.63, 3.8) is 0 Å². The lowest BCUT2D eigenvalue weighted by molar-refractivity contribution is -0.127. The average Bonchev–Trinajstić information content (AvgIpc) is 2.58. The molecule has 2 atom stereocenters. The molecule has 0 aromatic heterocycles. The molecule has 1 amide bonds. The molecule has 3 heteroatoms. The van der Waals surface area contributed by atoms with Crippen molar-refractivity contribution >= 4 is 5.91 Å². The van der Waals surface area contributed by atoms with E-state index in [2.05, 4.69) is 36.5 Å². The summed E-state index contributed by atoms with van der Waals surface area (Å²) in [4.78, 5) is 12.3. The van der Waals surface area contributed by atoms with Crippen LogP contribution in [0.3, 0.4) is 0 Å². The van der Waals surface area contributed by atoms with Gasteiger partial charge >= 0.3 is 0 Å². The lowest BCUT2D eigenvalue weighted by atomic mass is 9.89. The Hall–Kier alpha value is -1.61. The minimum Gasteiger partial charge on any atom is -0.372 e. The Morgan fingerprint density at radius 3 is 2.67 bits per heavy atom. The molecule has 0 saturated heterocycles. The number of hydrogen-bond donors (Lipinski definition) is 1. The molecule has 0 bridgehead atoms. The lowest BCUT2D eigenvalue weighted by Crippen LogP contribution is -2.44. The summed E-state index contributed by atoms with van der Waals surface area (Å²) >= 11 is 0. The number of ether oxygens (including phenoxy) is 1. The highest BCUT2D eigenvalue weighted by molar-refractivity contribution is 5.79. The fourth-order valence-electron chi connectivity index (χ4n) is 2.91. The van der Waals surface area contributed by atoms with E-state index >= 15 is 0 Å². The molecular formula is C18H25NO2.